The second-order valence-corrected chi connectivity index (χ2v) is 4.08. The van der Waals surface area contributed by atoms with Crippen LogP contribution in [0.15, 0.2) is 24.3 Å². The van der Waals surface area contributed by atoms with Gasteiger partial charge in [0.05, 0.1) is 10.5 Å². The molecular formula is C11H14N2O3. The molecule has 0 radical (unpaired) electrons. The third-order valence-electron chi connectivity index (χ3n) is 2.59. The van der Waals surface area contributed by atoms with Gasteiger partial charge in [-0.1, -0.05) is 12.1 Å². The van der Waals surface area contributed by atoms with Crippen molar-refractivity contribution in [3.05, 3.63) is 34.4 Å². The maximum Gasteiger partial charge on any atom is 0.292 e. The average molecular weight is 222 g/mol. The van der Waals surface area contributed by atoms with Gasteiger partial charge in [0.25, 0.3) is 5.69 Å². The molecule has 5 nitrogen and oxygen atoms in total. The van der Waals surface area contributed by atoms with E-state index in [0.717, 1.165) is 6.29 Å². The van der Waals surface area contributed by atoms with Gasteiger partial charge in [-0.25, -0.2) is 0 Å². The van der Waals surface area contributed by atoms with Gasteiger partial charge in [-0.3, -0.25) is 10.1 Å². The van der Waals surface area contributed by atoms with Gasteiger partial charge in [-0.05, 0) is 19.9 Å². The monoisotopic (exact) mass is 222 g/mol. The van der Waals surface area contributed by atoms with E-state index in [1.165, 1.54) is 6.07 Å². The van der Waals surface area contributed by atoms with Crippen molar-refractivity contribution in [3.63, 3.8) is 0 Å². The highest BCUT2D eigenvalue weighted by molar-refractivity contribution is 5.74. The van der Waals surface area contributed by atoms with Gasteiger partial charge >= 0.3 is 0 Å². The molecule has 86 valence electrons. The molecule has 0 fully saturated rings. The smallest absolute Gasteiger partial charge is 0.292 e. The quantitative estimate of drug-likeness (QED) is 0.444. The van der Waals surface area contributed by atoms with Gasteiger partial charge in [0.15, 0.2) is 0 Å². The second kappa shape index (κ2) is 4.30. The van der Waals surface area contributed by atoms with Gasteiger partial charge in [0, 0.05) is 13.1 Å². The van der Waals surface area contributed by atoms with Gasteiger partial charge in [0.2, 0.25) is 0 Å². The lowest BCUT2D eigenvalue weighted by Gasteiger charge is -2.31. The number of hydrogen-bond acceptors (Lipinski definition) is 4. The Hall–Kier alpha value is -1.91. The number of rotatable bonds is 4. The van der Waals surface area contributed by atoms with E-state index < -0.39 is 10.5 Å². The molecule has 0 saturated carbocycles. The van der Waals surface area contributed by atoms with Crippen LogP contribution in [0, 0.1) is 10.1 Å². The van der Waals surface area contributed by atoms with Crippen LogP contribution in [0.3, 0.4) is 0 Å². The number of benzene rings is 1. The van der Waals surface area contributed by atoms with Crippen LogP contribution >= 0.6 is 0 Å². The minimum absolute atomic E-state index is 0.0000694. The zero-order valence-corrected chi connectivity index (χ0v) is 9.51. The molecule has 1 aromatic rings. The lowest BCUT2D eigenvalue weighted by atomic mass is 10.0. The Labute approximate surface area is 93.8 Å². The summed E-state index contributed by atoms with van der Waals surface area (Å²) in [4.78, 5) is 22.9. The Morgan fingerprint density at radius 2 is 1.94 bits per heavy atom. The Kier molecular flexibility index (Phi) is 3.27. The van der Waals surface area contributed by atoms with Gasteiger partial charge in [-0.2, -0.15) is 0 Å². The number of likely N-dealkylation sites (N-methyl/N-ethyl adjacent to an activating group) is 1. The van der Waals surface area contributed by atoms with E-state index in [2.05, 4.69) is 0 Å². The molecule has 0 heterocycles. The first-order valence-electron chi connectivity index (χ1n) is 4.83. The number of carbonyl (C=O) groups excluding carboxylic acids is 1. The van der Waals surface area contributed by atoms with Crippen LogP contribution < -0.4 is 4.90 Å². The SMILES string of the molecule is CN(c1ccccc1[N+](=O)[O-])C(C)(C)C=O. The highest BCUT2D eigenvalue weighted by Gasteiger charge is 2.27. The Morgan fingerprint density at radius 1 is 1.38 bits per heavy atom. The number of aldehydes is 1. The van der Waals surface area contributed by atoms with Crippen molar-refractivity contribution < 1.29 is 9.72 Å². The molecule has 5 heteroatoms. The maximum absolute atomic E-state index is 10.9. The van der Waals surface area contributed by atoms with Crippen LogP contribution in [0.5, 0.6) is 0 Å². The molecule has 0 atom stereocenters. The van der Waals surface area contributed by atoms with Crippen molar-refractivity contribution in [2.24, 2.45) is 0 Å². The fourth-order valence-corrected chi connectivity index (χ4v) is 1.29. The third-order valence-corrected chi connectivity index (χ3v) is 2.59. The summed E-state index contributed by atoms with van der Waals surface area (Å²) in [6.07, 6.45) is 0.768. The lowest BCUT2D eigenvalue weighted by Crippen LogP contribution is -2.42. The Balaban J connectivity index is 3.23. The first kappa shape index (κ1) is 12.2. The van der Waals surface area contributed by atoms with Crippen molar-refractivity contribution in [1.29, 1.82) is 0 Å². The van der Waals surface area contributed by atoms with Crippen LogP contribution in [0.4, 0.5) is 11.4 Å². The predicted molar refractivity (Wildman–Crippen MR) is 61.6 cm³/mol. The molecule has 1 aromatic carbocycles. The summed E-state index contributed by atoms with van der Waals surface area (Å²) < 4.78 is 0. The number of para-hydroxylation sites is 2. The fraction of sp³-hybridized carbons (Fsp3) is 0.364. The summed E-state index contributed by atoms with van der Waals surface area (Å²) in [7, 11) is 1.66. The van der Waals surface area contributed by atoms with Gasteiger partial charge in [-0.15, -0.1) is 0 Å². The second-order valence-electron chi connectivity index (χ2n) is 4.08. The van der Waals surface area contributed by atoms with Crippen molar-refractivity contribution in [2.75, 3.05) is 11.9 Å². The van der Waals surface area contributed by atoms with Crippen molar-refractivity contribution in [3.8, 4) is 0 Å². The molecule has 0 bridgehead atoms. The van der Waals surface area contributed by atoms with Crippen LogP contribution in [-0.2, 0) is 4.79 Å². The number of hydrogen-bond donors (Lipinski definition) is 0. The van der Waals surface area contributed by atoms with E-state index in [9.17, 15) is 14.9 Å². The number of nitro benzene ring substituents is 1. The van der Waals surface area contributed by atoms with E-state index in [1.807, 2.05) is 0 Å². The zero-order chi connectivity index (χ0) is 12.3. The Morgan fingerprint density at radius 3 is 2.44 bits per heavy atom. The van der Waals surface area contributed by atoms with Crippen LogP contribution in [0.25, 0.3) is 0 Å². The normalized spacial score (nSPS) is 10.9. The minimum Gasteiger partial charge on any atom is -0.357 e. The summed E-state index contributed by atoms with van der Waals surface area (Å²) in [5.74, 6) is 0. The molecule has 0 N–H and O–H groups in total. The first-order valence-corrected chi connectivity index (χ1v) is 4.83. The van der Waals surface area contributed by atoms with Gasteiger partial charge < -0.3 is 9.69 Å². The van der Waals surface area contributed by atoms with Crippen LogP contribution in [-0.4, -0.2) is 23.8 Å². The maximum atomic E-state index is 10.9. The molecular weight excluding hydrogens is 208 g/mol. The number of nitrogens with zero attached hydrogens (tertiary/aromatic N) is 2. The molecule has 1 rings (SSSR count). The highest BCUT2D eigenvalue weighted by Crippen LogP contribution is 2.30. The van der Waals surface area contributed by atoms with Crippen LogP contribution in [0.1, 0.15) is 13.8 Å². The molecule has 0 aliphatic heterocycles. The van der Waals surface area contributed by atoms with E-state index >= 15 is 0 Å². The molecule has 0 spiro atoms. The summed E-state index contributed by atoms with van der Waals surface area (Å²) in [5.41, 5.74) is -0.337. The highest BCUT2D eigenvalue weighted by atomic mass is 16.6. The molecule has 0 amide bonds. The largest absolute Gasteiger partial charge is 0.357 e. The standard InChI is InChI=1S/C11H14N2O3/c1-11(2,8-14)12(3)9-6-4-5-7-10(9)13(15)16/h4-8H,1-3H3. The lowest BCUT2D eigenvalue weighted by molar-refractivity contribution is -0.384. The van der Waals surface area contributed by atoms with Gasteiger partial charge in [0.1, 0.15) is 12.0 Å². The molecule has 0 unspecified atom stereocenters. The first-order chi connectivity index (χ1) is 7.40. The number of carbonyl (C=O) groups is 1. The summed E-state index contributed by atoms with van der Waals surface area (Å²) >= 11 is 0. The number of nitro groups is 1. The molecule has 0 aromatic heterocycles. The summed E-state index contributed by atoms with van der Waals surface area (Å²) in [6.45, 7) is 3.41. The molecule has 16 heavy (non-hydrogen) atoms. The zero-order valence-electron chi connectivity index (χ0n) is 9.51. The van der Waals surface area contributed by atoms with E-state index in [0.29, 0.717) is 5.69 Å². The Bertz CT molecular complexity index is 415. The van der Waals surface area contributed by atoms with E-state index in [4.69, 9.17) is 0 Å². The average Bonchev–Trinajstić information content (AvgIpc) is 2.28. The number of anilines is 1. The third kappa shape index (κ3) is 2.18. The van der Waals surface area contributed by atoms with E-state index in [1.54, 1.807) is 44.0 Å². The van der Waals surface area contributed by atoms with Crippen molar-refractivity contribution >= 4 is 17.7 Å². The topological polar surface area (TPSA) is 63.4 Å². The fourth-order valence-electron chi connectivity index (χ4n) is 1.29. The molecule has 0 saturated heterocycles. The van der Waals surface area contributed by atoms with Crippen molar-refractivity contribution in [1.82, 2.24) is 0 Å². The van der Waals surface area contributed by atoms with Crippen LogP contribution in [0.2, 0.25) is 0 Å². The summed E-state index contributed by atoms with van der Waals surface area (Å²) in [5, 5.41) is 10.8. The van der Waals surface area contributed by atoms with E-state index in [-0.39, 0.29) is 5.69 Å². The summed E-state index contributed by atoms with van der Waals surface area (Å²) in [6, 6.07) is 6.36. The predicted octanol–water partition coefficient (Wildman–Crippen LogP) is 2.01. The molecule has 0 aliphatic rings. The minimum atomic E-state index is -0.772. The molecule has 0 aliphatic carbocycles. The van der Waals surface area contributed by atoms with Crippen molar-refractivity contribution in [2.45, 2.75) is 19.4 Å².